The zero-order valence-corrected chi connectivity index (χ0v) is 22.4. The summed E-state index contributed by atoms with van der Waals surface area (Å²) in [6.45, 7) is 0.931. The minimum absolute atomic E-state index is 0.403. The number of aryl methyl sites for hydroxylation is 1. The summed E-state index contributed by atoms with van der Waals surface area (Å²) in [7, 11) is 0. The summed E-state index contributed by atoms with van der Waals surface area (Å²) in [4.78, 5) is 0. The lowest BCUT2D eigenvalue weighted by molar-refractivity contribution is 0.0698. The van der Waals surface area contributed by atoms with Crippen molar-refractivity contribution in [2.45, 2.75) is 18.9 Å². The first-order chi connectivity index (χ1) is 12.6. The smallest absolute Gasteiger partial charge is 0.0856 e. The van der Waals surface area contributed by atoms with Gasteiger partial charge in [-0.15, -0.1) is 0 Å². The largest absolute Gasteiger partial charge is 0.394 e. The van der Waals surface area contributed by atoms with Gasteiger partial charge < -0.3 is 21.1 Å². The zero-order chi connectivity index (χ0) is 20.8. The lowest BCUT2D eigenvalue weighted by Gasteiger charge is -2.20. The van der Waals surface area contributed by atoms with Crippen LogP contribution in [-0.2, 0) is 6.42 Å². The highest BCUT2D eigenvalue weighted by molar-refractivity contribution is 9.15. The van der Waals surface area contributed by atoms with Crippen molar-refractivity contribution in [3.63, 3.8) is 0 Å². The molecular weight excluding hydrogens is 678 g/mol. The topological polar surface area (TPSA) is 86.7 Å². The quantitative estimate of drug-likeness (QED) is 0.260. The van der Waals surface area contributed by atoms with Crippen LogP contribution in [0.4, 0.5) is 0 Å². The number of benzene rings is 2. The van der Waals surface area contributed by atoms with Gasteiger partial charge in [-0.25, -0.2) is 0 Å². The van der Waals surface area contributed by atoms with E-state index in [0.717, 1.165) is 28.8 Å². The fourth-order valence-corrected chi connectivity index (χ4v) is 5.36. The molecule has 0 aliphatic heterocycles. The zero-order valence-electron chi connectivity index (χ0n) is 14.4. The molecule has 0 spiro atoms. The Morgan fingerprint density at radius 1 is 0.778 bits per heavy atom. The molecule has 0 aromatic heterocycles. The predicted octanol–water partition coefficient (Wildman–Crippen LogP) is 5.06. The number of nitrogens with two attached hydrogens (primary N) is 1. The molecule has 2 aromatic rings. The van der Waals surface area contributed by atoms with Crippen LogP contribution < -0.4 is 5.73 Å². The Hall–Kier alpha value is 0.680. The van der Waals surface area contributed by atoms with E-state index in [-0.39, 0.29) is 0 Å². The van der Waals surface area contributed by atoms with Crippen molar-refractivity contribution in [3.8, 4) is 0 Å². The molecule has 0 fully saturated rings. The van der Waals surface area contributed by atoms with E-state index in [0.29, 0.717) is 0 Å². The van der Waals surface area contributed by atoms with Gasteiger partial charge in [0.1, 0.15) is 0 Å². The number of halogens is 5. The van der Waals surface area contributed by atoms with E-state index in [1.54, 1.807) is 0 Å². The predicted molar refractivity (Wildman–Crippen MR) is 127 cm³/mol. The molecule has 2 aromatic carbocycles. The van der Waals surface area contributed by atoms with E-state index < -0.39 is 25.4 Å². The summed E-state index contributed by atoms with van der Waals surface area (Å²) in [5, 5.41) is 25.0. The van der Waals surface area contributed by atoms with Crippen LogP contribution in [0.25, 0.3) is 0 Å². The van der Waals surface area contributed by atoms with Crippen LogP contribution in [-0.4, -0.2) is 40.7 Å². The SMILES string of the molecule is Cc1ccccc1Cc1c(Br)c(Br)c(Br)c(Br)c1Br.NC(CO)(CO)CO. The Morgan fingerprint density at radius 3 is 1.56 bits per heavy atom. The molecule has 2 rings (SSSR count). The third-order valence-electron chi connectivity index (χ3n) is 3.87. The standard InChI is InChI=1S/C14H9Br5.C4H11NO3/c1-7-4-2-3-5-8(7)6-9-10(15)12(17)14(19)13(18)11(9)16;5-4(1-6,2-7)3-8/h2-5H,6H2,1H3;6-8H,1-3,5H2. The Bertz CT molecular complexity index is 745. The molecule has 0 aliphatic carbocycles. The molecule has 0 bridgehead atoms. The van der Waals surface area contributed by atoms with Crippen LogP contribution in [0, 0.1) is 6.92 Å². The Kier molecular flexibility index (Phi) is 11.2. The summed E-state index contributed by atoms with van der Waals surface area (Å²) < 4.78 is 5.17. The highest BCUT2D eigenvalue weighted by atomic mass is 79.9. The minimum atomic E-state index is -1.21. The van der Waals surface area contributed by atoms with Crippen LogP contribution in [0.5, 0.6) is 0 Å². The summed E-state index contributed by atoms with van der Waals surface area (Å²) in [6.07, 6.45) is 0.873. The first-order valence-electron chi connectivity index (χ1n) is 7.78. The lowest BCUT2D eigenvalue weighted by atomic mass is 10.0. The molecule has 0 amide bonds. The summed E-state index contributed by atoms with van der Waals surface area (Å²) in [5.74, 6) is 0. The van der Waals surface area contributed by atoms with Crippen molar-refractivity contribution < 1.29 is 15.3 Å². The maximum absolute atomic E-state index is 8.34. The molecular formula is C18H20Br5NO3. The van der Waals surface area contributed by atoms with Crippen molar-refractivity contribution in [3.05, 3.63) is 63.3 Å². The molecule has 0 radical (unpaired) electrons. The second kappa shape index (κ2) is 11.8. The second-order valence-corrected chi connectivity index (χ2v) is 9.95. The van der Waals surface area contributed by atoms with E-state index in [9.17, 15) is 0 Å². The molecule has 0 aliphatic rings. The van der Waals surface area contributed by atoms with Gasteiger partial charge in [0.25, 0.3) is 0 Å². The van der Waals surface area contributed by atoms with E-state index >= 15 is 0 Å². The van der Waals surface area contributed by atoms with Crippen LogP contribution in [0.3, 0.4) is 0 Å². The van der Waals surface area contributed by atoms with Gasteiger partial charge in [-0.3, -0.25) is 0 Å². The third kappa shape index (κ3) is 6.86. The van der Waals surface area contributed by atoms with Gasteiger partial charge in [0, 0.05) is 28.8 Å². The summed E-state index contributed by atoms with van der Waals surface area (Å²) in [6, 6.07) is 8.45. The fourth-order valence-electron chi connectivity index (χ4n) is 1.95. The third-order valence-corrected chi connectivity index (χ3v) is 10.1. The van der Waals surface area contributed by atoms with Crippen LogP contribution in [0.2, 0.25) is 0 Å². The molecule has 0 unspecified atom stereocenters. The highest BCUT2D eigenvalue weighted by Gasteiger charge is 2.21. The molecule has 0 atom stereocenters. The molecule has 9 heteroatoms. The van der Waals surface area contributed by atoms with E-state index in [1.165, 1.54) is 16.7 Å². The van der Waals surface area contributed by atoms with Crippen molar-refractivity contribution in [2.24, 2.45) is 5.73 Å². The van der Waals surface area contributed by atoms with Crippen molar-refractivity contribution >= 4 is 79.6 Å². The number of hydrogen-bond acceptors (Lipinski definition) is 4. The molecule has 0 heterocycles. The summed E-state index contributed by atoms with van der Waals surface area (Å²) in [5.41, 5.74) is 7.78. The second-order valence-electron chi connectivity index (χ2n) is 5.99. The molecule has 4 nitrogen and oxygen atoms in total. The fraction of sp³-hybridized carbons (Fsp3) is 0.333. The number of rotatable bonds is 5. The lowest BCUT2D eigenvalue weighted by Crippen LogP contribution is -2.50. The van der Waals surface area contributed by atoms with E-state index in [1.807, 2.05) is 0 Å². The first-order valence-corrected chi connectivity index (χ1v) is 11.7. The van der Waals surface area contributed by atoms with Crippen molar-refractivity contribution in [1.82, 2.24) is 0 Å². The van der Waals surface area contributed by atoms with Crippen LogP contribution >= 0.6 is 79.6 Å². The highest BCUT2D eigenvalue weighted by Crippen LogP contribution is 2.45. The van der Waals surface area contributed by atoms with Gasteiger partial charge in [-0.1, -0.05) is 24.3 Å². The molecule has 0 saturated heterocycles. The number of hydrogen-bond donors (Lipinski definition) is 4. The molecule has 0 saturated carbocycles. The van der Waals surface area contributed by atoms with Crippen molar-refractivity contribution in [1.29, 1.82) is 0 Å². The Balaban J connectivity index is 0.000000387. The van der Waals surface area contributed by atoms with Gasteiger partial charge in [0.15, 0.2) is 0 Å². The Labute approximate surface area is 201 Å². The molecule has 150 valence electrons. The average Bonchev–Trinajstić information content (AvgIpc) is 2.69. The van der Waals surface area contributed by atoms with Gasteiger partial charge in [0.2, 0.25) is 0 Å². The van der Waals surface area contributed by atoms with E-state index in [2.05, 4.69) is 111 Å². The van der Waals surface area contributed by atoms with Crippen LogP contribution in [0.15, 0.2) is 46.6 Å². The van der Waals surface area contributed by atoms with Gasteiger partial charge in [-0.2, -0.15) is 0 Å². The number of aliphatic hydroxyl groups excluding tert-OH is 3. The molecule has 5 N–H and O–H groups in total. The monoisotopic (exact) mass is 693 g/mol. The normalized spacial score (nSPS) is 11.2. The van der Waals surface area contributed by atoms with Gasteiger partial charge >= 0.3 is 0 Å². The minimum Gasteiger partial charge on any atom is -0.394 e. The number of aliphatic hydroxyl groups is 3. The molecule has 27 heavy (non-hydrogen) atoms. The van der Waals surface area contributed by atoms with Gasteiger partial charge in [0.05, 0.1) is 25.4 Å². The maximum Gasteiger partial charge on any atom is 0.0856 e. The Morgan fingerprint density at radius 2 is 1.19 bits per heavy atom. The first kappa shape index (κ1) is 25.7. The van der Waals surface area contributed by atoms with Crippen molar-refractivity contribution in [2.75, 3.05) is 19.8 Å². The maximum atomic E-state index is 8.34. The van der Waals surface area contributed by atoms with Crippen LogP contribution in [0.1, 0.15) is 16.7 Å². The van der Waals surface area contributed by atoms with Gasteiger partial charge in [-0.05, 0) is 103 Å². The van der Waals surface area contributed by atoms with E-state index in [4.69, 9.17) is 21.1 Å². The summed E-state index contributed by atoms with van der Waals surface area (Å²) >= 11 is 18.1. The average molecular weight is 698 g/mol.